The summed E-state index contributed by atoms with van der Waals surface area (Å²) < 4.78 is 41.5. The molecule has 0 aliphatic rings. The topological polar surface area (TPSA) is 92.4 Å². The van der Waals surface area contributed by atoms with Crippen LogP contribution in [0, 0.1) is 11.6 Å². The molecule has 0 aliphatic heterocycles. The Hall–Kier alpha value is -2.71. The number of nitrogen functional groups attached to an aromatic ring is 1. The zero-order chi connectivity index (χ0) is 14.7. The van der Waals surface area contributed by atoms with E-state index in [0.29, 0.717) is 0 Å². The van der Waals surface area contributed by atoms with Gasteiger partial charge in [-0.3, -0.25) is 0 Å². The summed E-state index contributed by atoms with van der Waals surface area (Å²) in [5, 5.41) is 0. The fraction of sp³-hybridized carbons (Fsp3) is 0.182. The van der Waals surface area contributed by atoms with E-state index < -0.39 is 17.4 Å². The summed E-state index contributed by atoms with van der Waals surface area (Å²) in [7, 11) is 2.64. The smallest absolute Gasteiger partial charge is 0.331 e. The molecule has 2 N–H and O–H groups in total. The molecule has 0 spiro atoms. The molecule has 0 saturated carbocycles. The first-order chi connectivity index (χ1) is 9.53. The van der Waals surface area contributed by atoms with Crippen LogP contribution in [0.2, 0.25) is 0 Å². The Morgan fingerprint density at radius 1 is 0.900 bits per heavy atom. The van der Waals surface area contributed by atoms with Crippen molar-refractivity contribution >= 4 is 5.69 Å². The third-order valence-electron chi connectivity index (χ3n) is 2.19. The lowest BCUT2D eigenvalue weighted by Crippen LogP contribution is -2.02. The van der Waals surface area contributed by atoms with E-state index >= 15 is 0 Å². The molecule has 0 radical (unpaired) electrons. The van der Waals surface area contributed by atoms with Crippen LogP contribution in [0.5, 0.6) is 23.8 Å². The minimum atomic E-state index is -0.859. The van der Waals surface area contributed by atoms with Gasteiger partial charge in [-0.15, -0.1) is 15.0 Å². The normalized spacial score (nSPS) is 10.2. The van der Waals surface area contributed by atoms with E-state index in [4.69, 9.17) is 19.9 Å². The Kier molecular flexibility index (Phi) is 3.78. The molecule has 1 heterocycles. The molecule has 0 atom stereocenters. The van der Waals surface area contributed by atoms with E-state index in [1.165, 1.54) is 14.2 Å². The predicted octanol–water partition coefficient (Wildman–Crippen LogP) is 1.54. The summed E-state index contributed by atoms with van der Waals surface area (Å²) in [6.45, 7) is 0. The van der Waals surface area contributed by atoms with Gasteiger partial charge in [-0.05, 0) is 0 Å². The number of anilines is 1. The van der Waals surface area contributed by atoms with E-state index in [2.05, 4.69) is 15.0 Å². The van der Waals surface area contributed by atoms with E-state index in [9.17, 15) is 8.78 Å². The van der Waals surface area contributed by atoms with Crippen molar-refractivity contribution in [2.45, 2.75) is 0 Å². The second-order valence-electron chi connectivity index (χ2n) is 3.50. The highest BCUT2D eigenvalue weighted by atomic mass is 19.1. The van der Waals surface area contributed by atoms with Gasteiger partial charge in [0.05, 0.1) is 19.9 Å². The molecule has 106 valence electrons. The predicted molar refractivity (Wildman–Crippen MR) is 63.8 cm³/mol. The minimum Gasteiger partial charge on any atom is -0.467 e. The van der Waals surface area contributed by atoms with E-state index in [1.807, 2.05) is 0 Å². The third kappa shape index (κ3) is 2.82. The van der Waals surface area contributed by atoms with Gasteiger partial charge in [0.15, 0.2) is 11.6 Å². The zero-order valence-corrected chi connectivity index (χ0v) is 10.6. The number of ether oxygens (including phenoxy) is 3. The number of methoxy groups -OCH3 is 2. The number of hydrogen-bond donors (Lipinski definition) is 1. The lowest BCUT2D eigenvalue weighted by molar-refractivity contribution is 0.317. The van der Waals surface area contributed by atoms with Gasteiger partial charge in [0, 0.05) is 12.1 Å². The maximum absolute atomic E-state index is 13.6. The molecule has 0 saturated heterocycles. The summed E-state index contributed by atoms with van der Waals surface area (Å²) in [4.78, 5) is 11.2. The fourth-order valence-corrected chi connectivity index (χ4v) is 1.27. The van der Waals surface area contributed by atoms with Gasteiger partial charge in [-0.2, -0.15) is 0 Å². The number of halogens is 2. The SMILES string of the molecule is COc1nc(OC)nc(Oc2cc(F)c(N)cc2F)n1. The van der Waals surface area contributed by atoms with Crippen LogP contribution >= 0.6 is 0 Å². The molecule has 0 bridgehead atoms. The molecule has 7 nitrogen and oxygen atoms in total. The van der Waals surface area contributed by atoms with Crippen LogP contribution in [0.3, 0.4) is 0 Å². The van der Waals surface area contributed by atoms with Crippen LogP contribution in [-0.4, -0.2) is 29.2 Å². The lowest BCUT2D eigenvalue weighted by Gasteiger charge is -2.08. The molecule has 2 rings (SSSR count). The minimum absolute atomic E-state index is 0.0943. The Bertz CT molecular complexity index is 617. The van der Waals surface area contributed by atoms with Crippen molar-refractivity contribution in [1.82, 2.24) is 15.0 Å². The standard InChI is InChI=1S/C11H10F2N4O3/c1-18-9-15-10(19-2)17-11(16-9)20-8-4-5(12)7(14)3-6(8)13/h3-4H,14H2,1-2H3. The molecule has 0 unspecified atom stereocenters. The molecule has 20 heavy (non-hydrogen) atoms. The molecule has 9 heteroatoms. The van der Waals surface area contributed by atoms with Crippen molar-refractivity contribution in [3.05, 3.63) is 23.8 Å². The molecule has 0 fully saturated rings. The van der Waals surface area contributed by atoms with Crippen molar-refractivity contribution < 1.29 is 23.0 Å². The quantitative estimate of drug-likeness (QED) is 0.851. The maximum Gasteiger partial charge on any atom is 0.331 e. The van der Waals surface area contributed by atoms with Gasteiger partial charge in [-0.1, -0.05) is 0 Å². The van der Waals surface area contributed by atoms with Gasteiger partial charge >= 0.3 is 18.0 Å². The van der Waals surface area contributed by atoms with Gasteiger partial charge in [0.2, 0.25) is 0 Å². The van der Waals surface area contributed by atoms with Crippen LogP contribution in [-0.2, 0) is 0 Å². The maximum atomic E-state index is 13.6. The first-order valence-electron chi connectivity index (χ1n) is 5.30. The second-order valence-corrected chi connectivity index (χ2v) is 3.50. The van der Waals surface area contributed by atoms with Crippen LogP contribution in [0.15, 0.2) is 12.1 Å². The highest BCUT2D eigenvalue weighted by molar-refractivity contribution is 5.45. The van der Waals surface area contributed by atoms with Gasteiger partial charge < -0.3 is 19.9 Å². The fourth-order valence-electron chi connectivity index (χ4n) is 1.27. The highest BCUT2D eigenvalue weighted by Crippen LogP contribution is 2.27. The Morgan fingerprint density at radius 3 is 2.00 bits per heavy atom. The first-order valence-corrected chi connectivity index (χ1v) is 5.30. The van der Waals surface area contributed by atoms with Crippen LogP contribution in [0.1, 0.15) is 0 Å². The van der Waals surface area contributed by atoms with Gasteiger partial charge in [-0.25, -0.2) is 8.78 Å². The Labute approximate surface area is 112 Å². The average Bonchev–Trinajstić information content (AvgIpc) is 2.44. The first kappa shape index (κ1) is 13.7. The van der Waals surface area contributed by atoms with Crippen LogP contribution < -0.4 is 19.9 Å². The summed E-state index contributed by atoms with van der Waals surface area (Å²) in [6.07, 6.45) is 0. The molecule has 1 aromatic carbocycles. The number of aromatic nitrogens is 3. The average molecular weight is 284 g/mol. The highest BCUT2D eigenvalue weighted by Gasteiger charge is 2.14. The molecular weight excluding hydrogens is 274 g/mol. The number of nitrogens with two attached hydrogens (primary N) is 1. The third-order valence-corrected chi connectivity index (χ3v) is 2.19. The monoisotopic (exact) mass is 284 g/mol. The molecule has 1 aromatic heterocycles. The number of hydrogen-bond acceptors (Lipinski definition) is 7. The van der Waals surface area contributed by atoms with Crippen molar-refractivity contribution in [3.8, 4) is 23.8 Å². The van der Waals surface area contributed by atoms with E-state index in [-0.39, 0.29) is 23.7 Å². The zero-order valence-electron chi connectivity index (χ0n) is 10.6. The Morgan fingerprint density at radius 2 is 1.45 bits per heavy atom. The summed E-state index contributed by atoms with van der Waals surface area (Å²) in [6, 6.07) is 1.08. The van der Waals surface area contributed by atoms with Crippen LogP contribution in [0.4, 0.5) is 14.5 Å². The van der Waals surface area contributed by atoms with E-state index in [1.54, 1.807) is 0 Å². The van der Waals surface area contributed by atoms with Gasteiger partial charge in [0.1, 0.15) is 5.82 Å². The number of nitrogens with zero attached hydrogens (tertiary/aromatic N) is 3. The summed E-state index contributed by atoms with van der Waals surface area (Å²) in [5.41, 5.74) is 4.89. The molecule has 0 aliphatic carbocycles. The van der Waals surface area contributed by atoms with Crippen molar-refractivity contribution in [1.29, 1.82) is 0 Å². The van der Waals surface area contributed by atoms with Crippen molar-refractivity contribution in [2.24, 2.45) is 0 Å². The van der Waals surface area contributed by atoms with Crippen molar-refractivity contribution in [2.75, 3.05) is 20.0 Å². The lowest BCUT2D eigenvalue weighted by atomic mass is 10.3. The van der Waals surface area contributed by atoms with Crippen molar-refractivity contribution in [3.63, 3.8) is 0 Å². The van der Waals surface area contributed by atoms with E-state index in [0.717, 1.165) is 12.1 Å². The summed E-state index contributed by atoms with van der Waals surface area (Å²) >= 11 is 0. The molecular formula is C11H10F2N4O3. The van der Waals surface area contributed by atoms with Gasteiger partial charge in [0.25, 0.3) is 0 Å². The largest absolute Gasteiger partial charge is 0.467 e. The molecule has 2 aromatic rings. The second kappa shape index (κ2) is 5.51. The Balaban J connectivity index is 2.36. The summed E-state index contributed by atoms with van der Waals surface area (Å²) in [5.74, 6) is -2.11. The molecule has 0 amide bonds. The number of benzene rings is 1. The van der Waals surface area contributed by atoms with Crippen LogP contribution in [0.25, 0.3) is 0 Å². The number of rotatable bonds is 4.